The van der Waals surface area contributed by atoms with Crippen molar-refractivity contribution in [1.29, 1.82) is 0 Å². The van der Waals surface area contributed by atoms with Crippen molar-refractivity contribution in [3.05, 3.63) is 0 Å². The van der Waals surface area contributed by atoms with Crippen molar-refractivity contribution < 1.29 is 64.5 Å². The maximum atomic E-state index is 12.2. The van der Waals surface area contributed by atoms with Crippen LogP contribution in [0.4, 0.5) is 0 Å². The summed E-state index contributed by atoms with van der Waals surface area (Å²) in [5.74, 6) is 2.75. The van der Waals surface area contributed by atoms with Gasteiger partial charge in [-0.25, -0.2) is 4.18 Å². The molecule has 4 saturated carbocycles. The van der Waals surface area contributed by atoms with E-state index in [1.54, 1.807) is 0 Å². The van der Waals surface area contributed by atoms with Gasteiger partial charge in [0.1, 0.15) is 0 Å². The van der Waals surface area contributed by atoms with Gasteiger partial charge in [0.15, 0.2) is 0 Å². The Morgan fingerprint density at radius 3 is 2.29 bits per heavy atom. The van der Waals surface area contributed by atoms with Gasteiger partial charge in [0, 0.05) is 13.0 Å². The van der Waals surface area contributed by atoms with E-state index in [4.69, 9.17) is 13.3 Å². The van der Waals surface area contributed by atoms with E-state index in [1.165, 1.54) is 32.1 Å². The van der Waals surface area contributed by atoms with Crippen LogP contribution in [-0.2, 0) is 29.5 Å². The van der Waals surface area contributed by atoms with E-state index >= 15 is 0 Å². The monoisotopic (exact) mass is 586 g/mol. The normalized spacial score (nSPS) is 39.7. The van der Waals surface area contributed by atoms with Crippen LogP contribution < -0.4 is 34.9 Å². The molecule has 1 amide bonds. The number of fused-ring (bicyclic) bond motifs is 5. The maximum absolute atomic E-state index is 12.2. The molecule has 4 fully saturated rings. The van der Waals surface area contributed by atoms with Gasteiger partial charge < -0.3 is 5.32 Å². The van der Waals surface area contributed by atoms with Crippen LogP contribution in [0.5, 0.6) is 0 Å². The fraction of sp³-hybridized carbons (Fsp3) is 0.962. The third kappa shape index (κ3) is 7.17. The van der Waals surface area contributed by atoms with Crippen LogP contribution in [0.25, 0.3) is 0 Å². The molecule has 0 radical (unpaired) electrons. The molecule has 2 unspecified atom stereocenters. The van der Waals surface area contributed by atoms with Gasteiger partial charge in [-0.2, -0.15) is 16.8 Å². The smallest absolute Gasteiger partial charge is 0.355 e. The topological polar surface area (TPSA) is 147 Å². The van der Waals surface area contributed by atoms with Crippen molar-refractivity contribution in [3.63, 3.8) is 0 Å². The zero-order valence-corrected chi connectivity index (χ0v) is 27.0. The van der Waals surface area contributed by atoms with Gasteiger partial charge in [-0.15, -0.1) is 0 Å². The van der Waals surface area contributed by atoms with Crippen molar-refractivity contribution in [2.75, 3.05) is 12.3 Å². The predicted octanol–water partition coefficient (Wildman–Crippen LogP) is 1.26. The third-order valence-corrected chi connectivity index (χ3v) is 12.4. The molecule has 0 spiro atoms. The van der Waals surface area contributed by atoms with Crippen LogP contribution >= 0.6 is 0 Å². The van der Waals surface area contributed by atoms with Crippen LogP contribution in [0.15, 0.2) is 0 Å². The van der Waals surface area contributed by atoms with Gasteiger partial charge in [0.2, 0.25) is 5.91 Å². The molecule has 0 aromatic rings. The summed E-state index contributed by atoms with van der Waals surface area (Å²) in [6.07, 6.45) is 10.1. The Balaban J connectivity index is 0.00000400. The molecule has 3 N–H and O–H groups in total. The first-order valence-electron chi connectivity index (χ1n) is 14.0. The summed E-state index contributed by atoms with van der Waals surface area (Å²) >= 11 is 0. The Kier molecular flexibility index (Phi) is 10.5. The molecule has 0 aromatic carbocycles. The van der Waals surface area contributed by atoms with Crippen LogP contribution in [-0.4, -0.2) is 50.2 Å². The van der Waals surface area contributed by atoms with E-state index in [0.717, 1.165) is 19.3 Å². The van der Waals surface area contributed by atoms with Crippen molar-refractivity contribution >= 4 is 26.4 Å². The molecule has 4 aliphatic rings. The zero-order valence-electron chi connectivity index (χ0n) is 23.4. The molecule has 4 rings (SSSR count). The van der Waals surface area contributed by atoms with E-state index in [0.29, 0.717) is 54.8 Å². The third-order valence-electron chi connectivity index (χ3n) is 11.1. The number of carbonyl (C=O) groups is 1. The second-order valence-corrected chi connectivity index (χ2v) is 15.6. The van der Waals surface area contributed by atoms with Gasteiger partial charge in [-0.3, -0.25) is 13.9 Å². The van der Waals surface area contributed by atoms with Crippen molar-refractivity contribution in [1.82, 2.24) is 5.32 Å². The SMILES string of the molecule is CC(CCC(=O)NCCS(=O)(=O)O)[C@H]1CC[C@H]2[C@@H]3CCC4C[C@H](OS(=O)(=O)O)CC[C@]4(C)[C@H]3CC[C@]12C.[Na+]. The zero-order chi connectivity index (χ0) is 27.2. The quantitative estimate of drug-likeness (QED) is 0.270. The van der Waals surface area contributed by atoms with E-state index < -0.39 is 32.4 Å². The standard InChI is InChI=1S/C26H45NO8S2.Na/c1-17(4-9-24(28)27-14-15-36(29,30)31)21-7-8-22-20-6-5-18-16-19(35-37(32,33)34)10-12-25(18,2)23(20)11-13-26(21,22)3;/h17-23H,4-16H2,1-3H3,(H,27,28)(H,29,30,31)(H,32,33,34);/q;+1/t17?,18?,19-,20+,21-,22+,23+,25+,26-;/m1./s1. The molecule has 214 valence electrons. The molecule has 38 heavy (non-hydrogen) atoms. The summed E-state index contributed by atoms with van der Waals surface area (Å²) in [7, 11) is -8.49. The van der Waals surface area contributed by atoms with Gasteiger partial charge in [-0.1, -0.05) is 20.8 Å². The molecule has 12 heteroatoms. The Bertz CT molecular complexity index is 1070. The van der Waals surface area contributed by atoms with Gasteiger partial charge in [0.25, 0.3) is 10.1 Å². The summed E-state index contributed by atoms with van der Waals surface area (Å²) in [5.41, 5.74) is 0.448. The average molecular weight is 587 g/mol. The number of carbonyl (C=O) groups excluding carboxylic acids is 1. The first-order valence-corrected chi connectivity index (χ1v) is 17.0. The minimum atomic E-state index is -4.42. The Morgan fingerprint density at radius 1 is 0.974 bits per heavy atom. The Morgan fingerprint density at radius 2 is 1.63 bits per heavy atom. The largest absolute Gasteiger partial charge is 1.00 e. The second-order valence-electron chi connectivity index (χ2n) is 13.0. The summed E-state index contributed by atoms with van der Waals surface area (Å²) < 4.78 is 67.2. The molecule has 0 saturated heterocycles. The maximum Gasteiger partial charge on any atom is 1.00 e. The molecule has 9 nitrogen and oxygen atoms in total. The number of rotatable bonds is 9. The fourth-order valence-electron chi connectivity index (χ4n) is 9.42. The molecule has 4 aliphatic carbocycles. The van der Waals surface area contributed by atoms with E-state index in [9.17, 15) is 21.6 Å². The average Bonchev–Trinajstić information content (AvgIpc) is 3.13. The number of hydrogen-bond acceptors (Lipinski definition) is 6. The number of amides is 1. The molecule has 0 aromatic heterocycles. The summed E-state index contributed by atoms with van der Waals surface area (Å²) in [5, 5.41) is 2.60. The van der Waals surface area contributed by atoms with Gasteiger partial charge >= 0.3 is 40.0 Å². The summed E-state index contributed by atoms with van der Waals surface area (Å²) in [6, 6.07) is 0. The Hall–Kier alpha value is 0.250. The Labute approximate surface area is 251 Å². The molecule has 0 heterocycles. The molecular formula is C26H45NNaO8S2+. The number of nitrogens with one attached hydrogen (secondary N) is 1. The predicted molar refractivity (Wildman–Crippen MR) is 139 cm³/mol. The van der Waals surface area contributed by atoms with Crippen LogP contribution in [0.2, 0.25) is 0 Å². The van der Waals surface area contributed by atoms with E-state index in [1.807, 2.05) is 0 Å². The summed E-state index contributed by atoms with van der Waals surface area (Å²) in [6.45, 7) is 7.07. The number of hydrogen-bond donors (Lipinski definition) is 3. The summed E-state index contributed by atoms with van der Waals surface area (Å²) in [4.78, 5) is 12.2. The minimum Gasteiger partial charge on any atom is -0.355 e. The van der Waals surface area contributed by atoms with Gasteiger partial charge in [0.05, 0.1) is 11.9 Å². The fourth-order valence-corrected chi connectivity index (χ4v) is 10.3. The minimum absolute atomic E-state index is 0. The molecular weight excluding hydrogens is 541 g/mol. The first-order chi connectivity index (χ1) is 17.1. The molecule has 9 atom stereocenters. The first kappa shape index (κ1) is 32.8. The van der Waals surface area contributed by atoms with Crippen molar-refractivity contribution in [2.45, 2.75) is 97.5 Å². The van der Waals surface area contributed by atoms with Crippen LogP contribution in [0.1, 0.15) is 91.4 Å². The van der Waals surface area contributed by atoms with Crippen molar-refractivity contribution in [2.24, 2.45) is 46.3 Å². The van der Waals surface area contributed by atoms with Crippen LogP contribution in [0.3, 0.4) is 0 Å². The second kappa shape index (κ2) is 12.2. The van der Waals surface area contributed by atoms with E-state index in [2.05, 4.69) is 26.1 Å². The molecule has 0 aliphatic heterocycles. The molecule has 0 bridgehead atoms. The van der Waals surface area contributed by atoms with Crippen LogP contribution in [0, 0.1) is 46.3 Å². The van der Waals surface area contributed by atoms with Crippen molar-refractivity contribution in [3.8, 4) is 0 Å². The van der Waals surface area contributed by atoms with E-state index in [-0.39, 0.29) is 52.8 Å². The van der Waals surface area contributed by atoms with Gasteiger partial charge in [-0.05, 0) is 111 Å².